The topological polar surface area (TPSA) is 37.3 Å². The van der Waals surface area contributed by atoms with Crippen molar-refractivity contribution in [3.05, 3.63) is 24.8 Å². The number of hydrogen-bond donors (Lipinski definition) is 1. The van der Waals surface area contributed by atoms with Crippen molar-refractivity contribution in [2.24, 2.45) is 22.7 Å². The summed E-state index contributed by atoms with van der Waals surface area (Å²) in [6.07, 6.45) is 6.60. The van der Waals surface area contributed by atoms with E-state index in [1.807, 2.05) is 19.9 Å². The third kappa shape index (κ3) is 1.81. The lowest BCUT2D eigenvalue weighted by atomic mass is 9.57. The minimum atomic E-state index is -0.752. The summed E-state index contributed by atoms with van der Waals surface area (Å²) in [7, 11) is 0. The minimum Gasteiger partial charge on any atom is -0.481 e. The third-order valence-electron chi connectivity index (χ3n) is 4.27. The zero-order chi connectivity index (χ0) is 12.6. The zero-order valence-corrected chi connectivity index (χ0v) is 10.7. The SMILES string of the molecule is C=CC1(C)C=CC(C(C)C)C[C@@]1(C)C(=O)O. The molecule has 2 unspecified atom stereocenters. The van der Waals surface area contributed by atoms with Crippen LogP contribution in [0.15, 0.2) is 24.8 Å². The molecular weight excluding hydrogens is 200 g/mol. The quantitative estimate of drug-likeness (QED) is 0.742. The smallest absolute Gasteiger partial charge is 0.310 e. The largest absolute Gasteiger partial charge is 0.481 e. The first kappa shape index (κ1) is 13.0. The van der Waals surface area contributed by atoms with E-state index in [0.717, 1.165) is 0 Å². The number of aliphatic carboxylic acids is 1. The van der Waals surface area contributed by atoms with Crippen LogP contribution in [0.5, 0.6) is 0 Å². The molecule has 1 rings (SSSR count). The van der Waals surface area contributed by atoms with Gasteiger partial charge in [0.2, 0.25) is 0 Å². The third-order valence-corrected chi connectivity index (χ3v) is 4.27. The van der Waals surface area contributed by atoms with E-state index in [-0.39, 0.29) is 0 Å². The van der Waals surface area contributed by atoms with Crippen molar-refractivity contribution < 1.29 is 9.90 Å². The van der Waals surface area contributed by atoms with Gasteiger partial charge in [-0.15, -0.1) is 6.58 Å². The Morgan fingerprint density at radius 1 is 1.56 bits per heavy atom. The van der Waals surface area contributed by atoms with Gasteiger partial charge in [-0.05, 0) is 25.2 Å². The van der Waals surface area contributed by atoms with Gasteiger partial charge in [-0.25, -0.2) is 0 Å². The molecular formula is C14H22O2. The molecule has 16 heavy (non-hydrogen) atoms. The van der Waals surface area contributed by atoms with Crippen molar-refractivity contribution in [3.8, 4) is 0 Å². The summed E-state index contributed by atoms with van der Waals surface area (Å²) >= 11 is 0. The van der Waals surface area contributed by atoms with Crippen LogP contribution in [0.2, 0.25) is 0 Å². The van der Waals surface area contributed by atoms with Gasteiger partial charge in [0.05, 0.1) is 5.41 Å². The molecule has 0 aromatic heterocycles. The lowest BCUT2D eigenvalue weighted by Gasteiger charge is -2.45. The Kier molecular flexibility index (Phi) is 3.32. The fraction of sp³-hybridized carbons (Fsp3) is 0.643. The molecule has 0 amide bonds. The number of rotatable bonds is 3. The van der Waals surface area contributed by atoms with E-state index in [1.165, 1.54) is 0 Å². The number of carboxylic acid groups (broad SMARTS) is 1. The second-order valence-corrected chi connectivity index (χ2v) is 5.60. The maximum absolute atomic E-state index is 11.5. The van der Waals surface area contributed by atoms with Crippen molar-refractivity contribution in [3.63, 3.8) is 0 Å². The predicted octanol–water partition coefficient (Wildman–Crippen LogP) is 3.50. The molecule has 0 aliphatic heterocycles. The first-order chi connectivity index (χ1) is 7.27. The van der Waals surface area contributed by atoms with Crippen LogP contribution in [0.3, 0.4) is 0 Å². The predicted molar refractivity (Wildman–Crippen MR) is 66.1 cm³/mol. The summed E-state index contributed by atoms with van der Waals surface area (Å²) in [6.45, 7) is 11.8. The van der Waals surface area contributed by atoms with Crippen LogP contribution in [-0.4, -0.2) is 11.1 Å². The van der Waals surface area contributed by atoms with Gasteiger partial charge in [-0.1, -0.05) is 39.0 Å². The molecule has 0 bridgehead atoms. The Balaban J connectivity index is 3.18. The number of hydrogen-bond acceptors (Lipinski definition) is 1. The molecule has 0 saturated heterocycles. The van der Waals surface area contributed by atoms with Gasteiger partial charge in [0.25, 0.3) is 0 Å². The first-order valence-corrected chi connectivity index (χ1v) is 5.83. The Hall–Kier alpha value is -1.05. The number of allylic oxidation sites excluding steroid dienone is 3. The highest BCUT2D eigenvalue weighted by molar-refractivity contribution is 5.76. The molecule has 2 nitrogen and oxygen atoms in total. The van der Waals surface area contributed by atoms with E-state index in [4.69, 9.17) is 0 Å². The standard InChI is InChI=1S/C14H22O2/c1-6-13(4)8-7-11(10(2)3)9-14(13,5)12(15)16/h6-8,10-11H,1,9H2,2-5H3,(H,15,16)/t11?,13?,14-/m0/s1. The molecule has 0 fully saturated rings. The number of carboxylic acids is 1. The van der Waals surface area contributed by atoms with Crippen LogP contribution in [0.4, 0.5) is 0 Å². The molecule has 0 aromatic rings. The zero-order valence-electron chi connectivity index (χ0n) is 10.7. The summed E-state index contributed by atoms with van der Waals surface area (Å²) in [5, 5.41) is 9.48. The molecule has 1 aliphatic carbocycles. The van der Waals surface area contributed by atoms with E-state index < -0.39 is 16.8 Å². The molecule has 1 aliphatic rings. The monoisotopic (exact) mass is 222 g/mol. The van der Waals surface area contributed by atoms with E-state index in [2.05, 4.69) is 26.5 Å². The highest BCUT2D eigenvalue weighted by Gasteiger charge is 2.50. The minimum absolute atomic E-state index is 0.342. The van der Waals surface area contributed by atoms with Crippen LogP contribution < -0.4 is 0 Å². The van der Waals surface area contributed by atoms with Crippen LogP contribution in [0.1, 0.15) is 34.1 Å². The van der Waals surface area contributed by atoms with Gasteiger partial charge in [0.15, 0.2) is 0 Å². The summed E-state index contributed by atoms with van der Waals surface area (Å²) < 4.78 is 0. The van der Waals surface area contributed by atoms with Crippen LogP contribution in [-0.2, 0) is 4.79 Å². The average Bonchev–Trinajstić information content (AvgIpc) is 2.21. The second kappa shape index (κ2) is 4.08. The van der Waals surface area contributed by atoms with Crippen molar-refractivity contribution in [2.75, 3.05) is 0 Å². The van der Waals surface area contributed by atoms with E-state index in [9.17, 15) is 9.90 Å². The van der Waals surface area contributed by atoms with Gasteiger partial charge in [0.1, 0.15) is 0 Å². The fourth-order valence-electron chi connectivity index (χ4n) is 2.34. The molecule has 1 N–H and O–H groups in total. The summed E-state index contributed by atoms with van der Waals surface area (Å²) in [5.74, 6) is 0.0864. The van der Waals surface area contributed by atoms with Gasteiger partial charge < -0.3 is 5.11 Å². The molecule has 90 valence electrons. The average molecular weight is 222 g/mol. The summed E-state index contributed by atoms with van der Waals surface area (Å²) in [4.78, 5) is 11.5. The Bertz CT molecular complexity index is 330. The molecule has 0 heterocycles. The maximum Gasteiger partial charge on any atom is 0.310 e. The van der Waals surface area contributed by atoms with Gasteiger partial charge in [-0.3, -0.25) is 4.79 Å². The highest BCUT2D eigenvalue weighted by atomic mass is 16.4. The Morgan fingerprint density at radius 3 is 2.50 bits per heavy atom. The molecule has 0 spiro atoms. The van der Waals surface area contributed by atoms with Crippen LogP contribution >= 0.6 is 0 Å². The molecule has 3 atom stereocenters. The van der Waals surface area contributed by atoms with Gasteiger partial charge in [0, 0.05) is 5.41 Å². The molecule has 0 aromatic carbocycles. The van der Waals surface area contributed by atoms with Crippen molar-refractivity contribution in [1.82, 2.24) is 0 Å². The highest BCUT2D eigenvalue weighted by Crippen LogP contribution is 2.50. The lowest BCUT2D eigenvalue weighted by Crippen LogP contribution is -2.45. The first-order valence-electron chi connectivity index (χ1n) is 5.83. The van der Waals surface area contributed by atoms with Gasteiger partial charge in [-0.2, -0.15) is 0 Å². The van der Waals surface area contributed by atoms with Crippen molar-refractivity contribution in [1.29, 1.82) is 0 Å². The van der Waals surface area contributed by atoms with E-state index in [0.29, 0.717) is 18.3 Å². The normalized spacial score (nSPS) is 38.7. The van der Waals surface area contributed by atoms with Crippen molar-refractivity contribution >= 4 is 5.97 Å². The maximum atomic E-state index is 11.5. The lowest BCUT2D eigenvalue weighted by molar-refractivity contribution is -0.154. The summed E-state index contributed by atoms with van der Waals surface area (Å²) in [5.41, 5.74) is -1.21. The van der Waals surface area contributed by atoms with Crippen LogP contribution in [0.25, 0.3) is 0 Å². The second-order valence-electron chi connectivity index (χ2n) is 5.60. The molecule has 0 saturated carbocycles. The fourth-order valence-corrected chi connectivity index (χ4v) is 2.34. The number of carbonyl (C=O) groups is 1. The Labute approximate surface area is 98.1 Å². The summed E-state index contributed by atoms with van der Waals surface area (Å²) in [6, 6.07) is 0. The van der Waals surface area contributed by atoms with E-state index >= 15 is 0 Å². The van der Waals surface area contributed by atoms with E-state index in [1.54, 1.807) is 6.08 Å². The van der Waals surface area contributed by atoms with Crippen molar-refractivity contribution in [2.45, 2.75) is 34.1 Å². The molecule has 2 heteroatoms. The van der Waals surface area contributed by atoms with Gasteiger partial charge >= 0.3 is 5.97 Å². The Morgan fingerprint density at radius 2 is 2.12 bits per heavy atom. The van der Waals surface area contributed by atoms with Crippen LogP contribution in [0, 0.1) is 22.7 Å². The molecule has 0 radical (unpaired) electrons.